The molecule has 1 heteroatoms. The highest BCUT2D eigenvalue weighted by Crippen LogP contribution is 2.22. The summed E-state index contributed by atoms with van der Waals surface area (Å²) in [6.07, 6.45) is 12.1. The van der Waals surface area contributed by atoms with Gasteiger partial charge in [-0.05, 0) is 44.1 Å². The van der Waals surface area contributed by atoms with Crippen LogP contribution in [0.1, 0.15) is 46.0 Å². The van der Waals surface area contributed by atoms with E-state index in [-0.39, 0.29) is 6.10 Å². The summed E-state index contributed by atoms with van der Waals surface area (Å²) in [5.74, 6) is 0.659. The van der Waals surface area contributed by atoms with E-state index in [2.05, 4.69) is 32.1 Å². The SMILES string of the molecule is CCCC(O)/C(C)=C/C1CC=CCC1. The molecule has 2 unspecified atom stereocenters. The second-order valence-corrected chi connectivity index (χ2v) is 4.26. The summed E-state index contributed by atoms with van der Waals surface area (Å²) in [5.41, 5.74) is 1.16. The molecule has 0 heterocycles. The number of hydrogen-bond donors (Lipinski definition) is 1. The van der Waals surface area contributed by atoms with Gasteiger partial charge in [-0.1, -0.05) is 31.6 Å². The Labute approximate surface area is 87.5 Å². The van der Waals surface area contributed by atoms with Crippen molar-refractivity contribution >= 4 is 0 Å². The largest absolute Gasteiger partial charge is 0.389 e. The Hall–Kier alpha value is -0.560. The number of allylic oxidation sites excluding steroid dienone is 3. The van der Waals surface area contributed by atoms with E-state index in [0.717, 1.165) is 24.8 Å². The van der Waals surface area contributed by atoms with E-state index < -0.39 is 0 Å². The van der Waals surface area contributed by atoms with Crippen LogP contribution in [0, 0.1) is 5.92 Å². The van der Waals surface area contributed by atoms with E-state index in [4.69, 9.17) is 0 Å². The quantitative estimate of drug-likeness (QED) is 0.680. The van der Waals surface area contributed by atoms with Crippen molar-refractivity contribution in [2.45, 2.75) is 52.1 Å². The molecule has 0 aromatic heterocycles. The van der Waals surface area contributed by atoms with Crippen molar-refractivity contribution in [2.24, 2.45) is 5.92 Å². The molecule has 1 N–H and O–H groups in total. The number of aliphatic hydroxyl groups excluding tert-OH is 1. The Morgan fingerprint density at radius 2 is 2.36 bits per heavy atom. The first-order valence-corrected chi connectivity index (χ1v) is 5.75. The van der Waals surface area contributed by atoms with Crippen LogP contribution in [-0.2, 0) is 0 Å². The normalized spacial score (nSPS) is 25.1. The van der Waals surface area contributed by atoms with Crippen molar-refractivity contribution in [2.75, 3.05) is 0 Å². The van der Waals surface area contributed by atoms with Crippen molar-refractivity contribution in [1.82, 2.24) is 0 Å². The fourth-order valence-corrected chi connectivity index (χ4v) is 1.95. The van der Waals surface area contributed by atoms with Gasteiger partial charge in [0.15, 0.2) is 0 Å². The molecule has 0 saturated carbocycles. The molecular formula is C13H22O. The summed E-state index contributed by atoms with van der Waals surface area (Å²) >= 11 is 0. The molecule has 0 aromatic carbocycles. The molecule has 0 radical (unpaired) electrons. The van der Waals surface area contributed by atoms with Gasteiger partial charge >= 0.3 is 0 Å². The van der Waals surface area contributed by atoms with Crippen molar-refractivity contribution in [1.29, 1.82) is 0 Å². The summed E-state index contributed by atoms with van der Waals surface area (Å²) in [4.78, 5) is 0. The maximum atomic E-state index is 9.76. The van der Waals surface area contributed by atoms with E-state index in [9.17, 15) is 5.11 Å². The van der Waals surface area contributed by atoms with Crippen molar-refractivity contribution in [3.8, 4) is 0 Å². The fourth-order valence-electron chi connectivity index (χ4n) is 1.95. The first kappa shape index (κ1) is 11.5. The maximum Gasteiger partial charge on any atom is 0.0747 e. The van der Waals surface area contributed by atoms with Gasteiger partial charge in [-0.15, -0.1) is 0 Å². The van der Waals surface area contributed by atoms with Crippen molar-refractivity contribution in [3.63, 3.8) is 0 Å². The third-order valence-electron chi connectivity index (χ3n) is 2.90. The predicted octanol–water partition coefficient (Wildman–Crippen LogP) is 3.45. The van der Waals surface area contributed by atoms with Crippen LogP contribution in [0.3, 0.4) is 0 Å². The molecule has 1 aliphatic rings. The van der Waals surface area contributed by atoms with Crippen LogP contribution in [0.5, 0.6) is 0 Å². The predicted molar refractivity (Wildman–Crippen MR) is 61.2 cm³/mol. The molecule has 0 aromatic rings. The van der Waals surface area contributed by atoms with Gasteiger partial charge in [-0.3, -0.25) is 0 Å². The molecule has 0 aliphatic heterocycles. The smallest absolute Gasteiger partial charge is 0.0747 e. The number of rotatable bonds is 4. The molecule has 1 nitrogen and oxygen atoms in total. The van der Waals surface area contributed by atoms with Gasteiger partial charge in [0, 0.05) is 0 Å². The fraction of sp³-hybridized carbons (Fsp3) is 0.692. The molecule has 0 spiro atoms. The highest BCUT2D eigenvalue weighted by atomic mass is 16.3. The minimum absolute atomic E-state index is 0.217. The van der Waals surface area contributed by atoms with Crippen LogP contribution in [0.2, 0.25) is 0 Å². The zero-order chi connectivity index (χ0) is 10.4. The van der Waals surface area contributed by atoms with E-state index in [1.54, 1.807) is 0 Å². The highest BCUT2D eigenvalue weighted by molar-refractivity contribution is 5.09. The minimum atomic E-state index is -0.217. The topological polar surface area (TPSA) is 20.2 Å². The number of hydrogen-bond acceptors (Lipinski definition) is 1. The zero-order valence-electron chi connectivity index (χ0n) is 9.37. The summed E-state index contributed by atoms with van der Waals surface area (Å²) in [5, 5.41) is 9.76. The van der Waals surface area contributed by atoms with Crippen LogP contribution in [0.15, 0.2) is 23.8 Å². The van der Waals surface area contributed by atoms with Crippen molar-refractivity contribution in [3.05, 3.63) is 23.8 Å². The Morgan fingerprint density at radius 1 is 1.57 bits per heavy atom. The van der Waals surface area contributed by atoms with E-state index in [1.807, 2.05) is 0 Å². The molecule has 80 valence electrons. The highest BCUT2D eigenvalue weighted by Gasteiger charge is 2.10. The van der Waals surface area contributed by atoms with Crippen LogP contribution < -0.4 is 0 Å². The third-order valence-corrected chi connectivity index (χ3v) is 2.90. The van der Waals surface area contributed by atoms with Crippen LogP contribution in [-0.4, -0.2) is 11.2 Å². The molecule has 1 aliphatic carbocycles. The lowest BCUT2D eigenvalue weighted by atomic mass is 9.91. The lowest BCUT2D eigenvalue weighted by Gasteiger charge is -2.17. The standard InChI is InChI=1S/C13H22O/c1-3-7-13(14)11(2)10-12-8-5-4-6-9-12/h4-5,10,12-14H,3,6-9H2,1-2H3/b11-10+. The Kier molecular flexibility index (Phi) is 4.95. The lowest BCUT2D eigenvalue weighted by molar-refractivity contribution is 0.198. The van der Waals surface area contributed by atoms with Gasteiger partial charge in [0.25, 0.3) is 0 Å². The monoisotopic (exact) mass is 194 g/mol. The van der Waals surface area contributed by atoms with Crippen LogP contribution in [0.4, 0.5) is 0 Å². The molecule has 0 fully saturated rings. The van der Waals surface area contributed by atoms with Crippen LogP contribution in [0.25, 0.3) is 0 Å². The van der Waals surface area contributed by atoms with E-state index in [0.29, 0.717) is 5.92 Å². The van der Waals surface area contributed by atoms with E-state index in [1.165, 1.54) is 12.8 Å². The van der Waals surface area contributed by atoms with Gasteiger partial charge < -0.3 is 5.11 Å². The second-order valence-electron chi connectivity index (χ2n) is 4.26. The second kappa shape index (κ2) is 6.02. The number of aliphatic hydroxyl groups is 1. The minimum Gasteiger partial charge on any atom is -0.389 e. The molecule has 0 bridgehead atoms. The molecule has 1 rings (SSSR count). The Balaban J connectivity index is 2.44. The van der Waals surface area contributed by atoms with Crippen molar-refractivity contribution < 1.29 is 5.11 Å². The van der Waals surface area contributed by atoms with Gasteiger partial charge in [0.05, 0.1) is 6.10 Å². The Morgan fingerprint density at radius 3 is 2.93 bits per heavy atom. The lowest BCUT2D eigenvalue weighted by Crippen LogP contribution is -2.10. The molecule has 14 heavy (non-hydrogen) atoms. The third kappa shape index (κ3) is 3.67. The summed E-state index contributed by atoms with van der Waals surface area (Å²) in [7, 11) is 0. The Bertz CT molecular complexity index is 215. The summed E-state index contributed by atoms with van der Waals surface area (Å²) in [6.45, 7) is 4.17. The molecule has 0 amide bonds. The van der Waals surface area contributed by atoms with Gasteiger partial charge in [-0.2, -0.15) is 0 Å². The average Bonchev–Trinajstić information content (AvgIpc) is 2.19. The molecule has 2 atom stereocenters. The summed E-state index contributed by atoms with van der Waals surface area (Å²) < 4.78 is 0. The molecular weight excluding hydrogens is 172 g/mol. The zero-order valence-corrected chi connectivity index (χ0v) is 9.37. The summed E-state index contributed by atoms with van der Waals surface area (Å²) in [6, 6.07) is 0. The van der Waals surface area contributed by atoms with Crippen LogP contribution >= 0.6 is 0 Å². The first-order valence-electron chi connectivity index (χ1n) is 5.75. The van der Waals surface area contributed by atoms with Gasteiger partial charge in [-0.25, -0.2) is 0 Å². The maximum absolute atomic E-state index is 9.76. The molecule has 0 saturated heterocycles. The van der Waals surface area contributed by atoms with Gasteiger partial charge in [0.1, 0.15) is 0 Å². The van der Waals surface area contributed by atoms with E-state index >= 15 is 0 Å². The average molecular weight is 194 g/mol. The first-order chi connectivity index (χ1) is 6.74. The van der Waals surface area contributed by atoms with Gasteiger partial charge in [0.2, 0.25) is 0 Å².